The second-order valence-electron chi connectivity index (χ2n) is 2.87. The Bertz CT molecular complexity index is 38.1. The average Bonchev–Trinajstić information content (AvgIpc) is 2.00. The first-order chi connectivity index (χ1) is 5.33. The normalized spacial score (nSPS) is 8.73. The maximum Gasteiger partial charge on any atom is -0.00519 e. The summed E-state index contributed by atoms with van der Waals surface area (Å²) in [6.07, 6.45) is 6.70. The third-order valence-electron chi connectivity index (χ3n) is 1.28. The minimum absolute atomic E-state index is 1.18. The molecule has 0 rings (SSSR count). The van der Waals surface area contributed by atoms with Crippen LogP contribution in [0.1, 0.15) is 52.9 Å². The molecule has 70 valence electrons. The fourth-order valence-electron chi connectivity index (χ4n) is 0.729. The number of hydrogen-bond donors (Lipinski definition) is 1. The van der Waals surface area contributed by atoms with E-state index >= 15 is 0 Å². The summed E-state index contributed by atoms with van der Waals surface area (Å²) in [5, 5.41) is 3.13. The molecule has 0 aromatic carbocycles. The molecule has 0 bridgehead atoms. The Kier molecular flexibility index (Phi) is 20.3. The van der Waals surface area contributed by atoms with Gasteiger partial charge >= 0.3 is 0 Å². The first-order valence-corrected chi connectivity index (χ1v) is 4.97. The summed E-state index contributed by atoms with van der Waals surface area (Å²) < 4.78 is 0. The van der Waals surface area contributed by atoms with Crippen LogP contribution in [0.4, 0.5) is 0 Å². The van der Waals surface area contributed by atoms with Crippen molar-refractivity contribution in [3.05, 3.63) is 0 Å². The van der Waals surface area contributed by atoms with Gasteiger partial charge in [-0.3, -0.25) is 0 Å². The molecule has 1 heteroatoms. The van der Waals surface area contributed by atoms with Crippen LogP contribution in [0.15, 0.2) is 0 Å². The highest BCUT2D eigenvalue weighted by molar-refractivity contribution is 4.41. The summed E-state index contributed by atoms with van der Waals surface area (Å²) >= 11 is 0. The molecule has 0 saturated heterocycles. The second-order valence-corrected chi connectivity index (χ2v) is 2.87. The highest BCUT2D eigenvalue weighted by Gasteiger charge is 1.82. The zero-order valence-electron chi connectivity index (χ0n) is 8.74. The van der Waals surface area contributed by atoms with E-state index in [2.05, 4.69) is 26.1 Å². The van der Waals surface area contributed by atoms with Crippen molar-refractivity contribution in [3.8, 4) is 0 Å². The molecule has 0 atom stereocenters. The molecule has 0 aromatic rings. The van der Waals surface area contributed by atoms with Crippen LogP contribution >= 0.6 is 0 Å². The predicted molar refractivity (Wildman–Crippen MR) is 54.0 cm³/mol. The fraction of sp³-hybridized carbons (Fsp3) is 1.00. The Hall–Kier alpha value is -0.0400. The predicted octanol–water partition coefficient (Wildman–Crippen LogP) is 3.20. The highest BCUT2D eigenvalue weighted by Crippen LogP contribution is 1.96. The van der Waals surface area contributed by atoms with E-state index in [1.165, 1.54) is 38.6 Å². The van der Waals surface area contributed by atoms with Crippen LogP contribution in [0.2, 0.25) is 0 Å². The van der Waals surface area contributed by atoms with Crippen molar-refractivity contribution in [1.29, 1.82) is 0 Å². The van der Waals surface area contributed by atoms with Crippen molar-refractivity contribution >= 4 is 0 Å². The van der Waals surface area contributed by atoms with Crippen LogP contribution in [0.25, 0.3) is 0 Å². The summed E-state index contributed by atoms with van der Waals surface area (Å²) in [5.41, 5.74) is 0. The SMILES string of the molecule is CCC.CCCCCCNC. The Labute approximate surface area is 72.6 Å². The summed E-state index contributed by atoms with van der Waals surface area (Å²) in [6, 6.07) is 0. The molecule has 0 amide bonds. The van der Waals surface area contributed by atoms with Crippen LogP contribution in [-0.2, 0) is 0 Å². The lowest BCUT2D eigenvalue weighted by molar-refractivity contribution is 0.634. The molecule has 0 spiro atoms. The maximum absolute atomic E-state index is 3.13. The molecule has 0 saturated carbocycles. The van der Waals surface area contributed by atoms with Gasteiger partial charge in [-0.15, -0.1) is 0 Å². The zero-order valence-corrected chi connectivity index (χ0v) is 8.74. The maximum atomic E-state index is 3.13. The standard InChI is InChI=1S/C7H17N.C3H8/c1-3-4-5-6-7-8-2;1-3-2/h8H,3-7H2,1-2H3;3H2,1-2H3. The first kappa shape index (κ1) is 13.5. The van der Waals surface area contributed by atoms with Crippen LogP contribution in [0.5, 0.6) is 0 Å². The summed E-state index contributed by atoms with van der Waals surface area (Å²) in [7, 11) is 2.01. The van der Waals surface area contributed by atoms with Gasteiger partial charge in [0, 0.05) is 0 Å². The Morgan fingerprint density at radius 3 is 1.82 bits per heavy atom. The molecule has 0 aliphatic rings. The van der Waals surface area contributed by atoms with Crippen LogP contribution in [0, 0.1) is 0 Å². The molecular weight excluding hydrogens is 134 g/mol. The van der Waals surface area contributed by atoms with Gasteiger partial charge in [0.05, 0.1) is 0 Å². The minimum atomic E-state index is 1.18. The van der Waals surface area contributed by atoms with Crippen molar-refractivity contribution in [2.24, 2.45) is 0 Å². The van der Waals surface area contributed by atoms with Crippen LogP contribution in [0.3, 0.4) is 0 Å². The van der Waals surface area contributed by atoms with Gasteiger partial charge in [0.1, 0.15) is 0 Å². The van der Waals surface area contributed by atoms with E-state index in [0.29, 0.717) is 0 Å². The smallest absolute Gasteiger partial charge is 0.00519 e. The number of hydrogen-bond acceptors (Lipinski definition) is 1. The van der Waals surface area contributed by atoms with Gasteiger partial charge in [0.25, 0.3) is 0 Å². The third-order valence-corrected chi connectivity index (χ3v) is 1.28. The number of nitrogens with one attached hydrogen (secondary N) is 1. The molecule has 1 nitrogen and oxygen atoms in total. The fourth-order valence-corrected chi connectivity index (χ4v) is 0.729. The molecule has 0 aliphatic heterocycles. The lowest BCUT2D eigenvalue weighted by Gasteiger charge is -1.95. The van der Waals surface area contributed by atoms with Gasteiger partial charge in [-0.25, -0.2) is 0 Å². The van der Waals surface area contributed by atoms with Gasteiger partial charge in [-0.2, -0.15) is 0 Å². The van der Waals surface area contributed by atoms with Gasteiger partial charge in [0.15, 0.2) is 0 Å². The molecule has 0 heterocycles. The minimum Gasteiger partial charge on any atom is -0.320 e. The Balaban J connectivity index is 0. The third kappa shape index (κ3) is 25.7. The Morgan fingerprint density at radius 2 is 1.45 bits per heavy atom. The summed E-state index contributed by atoms with van der Waals surface area (Å²) in [6.45, 7) is 7.67. The molecule has 1 N–H and O–H groups in total. The van der Waals surface area contributed by atoms with Crippen molar-refractivity contribution in [1.82, 2.24) is 5.32 Å². The lowest BCUT2D eigenvalue weighted by atomic mass is 10.2. The van der Waals surface area contributed by atoms with E-state index in [4.69, 9.17) is 0 Å². The van der Waals surface area contributed by atoms with Gasteiger partial charge in [-0.1, -0.05) is 46.5 Å². The van der Waals surface area contributed by atoms with E-state index in [1.54, 1.807) is 0 Å². The van der Waals surface area contributed by atoms with Crippen molar-refractivity contribution in [2.75, 3.05) is 13.6 Å². The molecule has 0 fully saturated rings. The van der Waals surface area contributed by atoms with E-state index in [1.807, 2.05) is 7.05 Å². The van der Waals surface area contributed by atoms with Gasteiger partial charge < -0.3 is 5.32 Å². The van der Waals surface area contributed by atoms with Crippen molar-refractivity contribution in [3.63, 3.8) is 0 Å². The summed E-state index contributed by atoms with van der Waals surface area (Å²) in [5.74, 6) is 0. The van der Waals surface area contributed by atoms with Crippen molar-refractivity contribution in [2.45, 2.75) is 52.9 Å². The molecule has 11 heavy (non-hydrogen) atoms. The monoisotopic (exact) mass is 159 g/mol. The van der Waals surface area contributed by atoms with E-state index in [0.717, 1.165) is 0 Å². The topological polar surface area (TPSA) is 12.0 Å². The molecule has 0 aromatic heterocycles. The van der Waals surface area contributed by atoms with Gasteiger partial charge in [-0.05, 0) is 20.0 Å². The molecule has 0 aliphatic carbocycles. The highest BCUT2D eigenvalue weighted by atomic mass is 14.8. The van der Waals surface area contributed by atoms with Crippen LogP contribution < -0.4 is 5.32 Å². The van der Waals surface area contributed by atoms with E-state index in [9.17, 15) is 0 Å². The lowest BCUT2D eigenvalue weighted by Crippen LogP contribution is -2.06. The molecular formula is C10H25N. The zero-order chi connectivity index (χ0) is 8.95. The van der Waals surface area contributed by atoms with Crippen molar-refractivity contribution < 1.29 is 0 Å². The van der Waals surface area contributed by atoms with E-state index < -0.39 is 0 Å². The summed E-state index contributed by atoms with van der Waals surface area (Å²) in [4.78, 5) is 0. The largest absolute Gasteiger partial charge is 0.320 e. The first-order valence-electron chi connectivity index (χ1n) is 4.97. The second kappa shape index (κ2) is 16.5. The number of unbranched alkanes of at least 4 members (excludes halogenated alkanes) is 3. The Morgan fingerprint density at radius 1 is 0.909 bits per heavy atom. The van der Waals surface area contributed by atoms with Gasteiger partial charge in [0.2, 0.25) is 0 Å². The average molecular weight is 159 g/mol. The number of rotatable bonds is 5. The molecule has 0 unspecified atom stereocenters. The van der Waals surface area contributed by atoms with E-state index in [-0.39, 0.29) is 0 Å². The van der Waals surface area contributed by atoms with Crippen LogP contribution in [-0.4, -0.2) is 13.6 Å². The quantitative estimate of drug-likeness (QED) is 0.607. The molecule has 0 radical (unpaired) electrons.